The molecule has 2 heterocycles. The number of halogens is 1. The number of nitrogens with one attached hydrogen (secondary N) is 2. The first-order chi connectivity index (χ1) is 16.5. The largest absolute Gasteiger partial charge is 0.493 e. The van der Waals surface area contributed by atoms with Gasteiger partial charge in [-0.2, -0.15) is 4.98 Å². The van der Waals surface area contributed by atoms with Gasteiger partial charge in [-0.1, -0.05) is 0 Å². The molecule has 1 aromatic carbocycles. The van der Waals surface area contributed by atoms with Crippen molar-refractivity contribution in [3.05, 3.63) is 30.2 Å². The third-order valence-electron chi connectivity index (χ3n) is 6.45. The number of carbonyl (C=O) groups is 1. The molecule has 2 N–H and O–H groups in total. The van der Waals surface area contributed by atoms with Crippen LogP contribution in [0.1, 0.15) is 47.0 Å². The van der Waals surface area contributed by atoms with E-state index in [2.05, 4.69) is 53.2 Å². The third kappa shape index (κ3) is 6.30. The number of likely N-dealkylation sites (tertiary alicyclic amines) is 1. The van der Waals surface area contributed by atoms with Gasteiger partial charge in [-0.15, -0.1) is 0 Å². The summed E-state index contributed by atoms with van der Waals surface area (Å²) in [7, 11) is 4.53. The summed E-state index contributed by atoms with van der Waals surface area (Å²) in [6.07, 6.45) is 2.98. The molecule has 2 aromatic rings. The minimum absolute atomic E-state index is 0.0206. The Hall–Kier alpha value is -3.14. The minimum atomic E-state index is -0.522. The highest BCUT2D eigenvalue weighted by molar-refractivity contribution is 5.69. The van der Waals surface area contributed by atoms with Crippen molar-refractivity contribution in [1.29, 1.82) is 0 Å². The molecule has 0 unspecified atom stereocenters. The van der Waals surface area contributed by atoms with E-state index >= 15 is 0 Å². The Morgan fingerprint density at radius 3 is 2.37 bits per heavy atom. The van der Waals surface area contributed by atoms with Gasteiger partial charge in [0.2, 0.25) is 5.95 Å². The molecular weight excluding hydrogens is 453 g/mol. The zero-order valence-corrected chi connectivity index (χ0v) is 21.6. The van der Waals surface area contributed by atoms with Crippen LogP contribution < -0.4 is 20.1 Å². The molecular formula is C25H36FN5O4. The van der Waals surface area contributed by atoms with Gasteiger partial charge < -0.3 is 24.8 Å². The Morgan fingerprint density at radius 2 is 1.77 bits per heavy atom. The van der Waals surface area contributed by atoms with Crippen molar-refractivity contribution in [2.24, 2.45) is 0 Å². The second-order valence-corrected chi connectivity index (χ2v) is 9.94. The standard InChI is InChI=1S/C25H36FN5O4/c1-24(2)13-17(14-25(3,4)31(24)11-10-21(32)35-7)28-22-18(26)15-27-23(30-22)29-16-8-9-19(33-5)20(12-16)34-6/h8-9,12,15,17H,10-11,13-14H2,1-7H3,(H2,27,28,29,30). The maximum absolute atomic E-state index is 14.7. The van der Waals surface area contributed by atoms with E-state index in [9.17, 15) is 9.18 Å². The van der Waals surface area contributed by atoms with Crippen molar-refractivity contribution in [3.8, 4) is 11.5 Å². The number of hydrogen-bond acceptors (Lipinski definition) is 9. The first kappa shape index (κ1) is 26.5. The van der Waals surface area contributed by atoms with Gasteiger partial charge in [-0.25, -0.2) is 9.37 Å². The molecule has 1 saturated heterocycles. The van der Waals surface area contributed by atoms with E-state index in [0.29, 0.717) is 30.2 Å². The highest BCUT2D eigenvalue weighted by Crippen LogP contribution is 2.39. The number of anilines is 3. The number of rotatable bonds is 9. The highest BCUT2D eigenvalue weighted by atomic mass is 19.1. The number of hydrogen-bond donors (Lipinski definition) is 2. The van der Waals surface area contributed by atoms with Crippen LogP contribution in [0.4, 0.5) is 21.8 Å². The van der Waals surface area contributed by atoms with Crippen LogP contribution in [-0.4, -0.2) is 65.8 Å². The summed E-state index contributed by atoms with van der Waals surface area (Å²) in [6.45, 7) is 9.15. The zero-order chi connectivity index (χ0) is 25.8. The summed E-state index contributed by atoms with van der Waals surface area (Å²) in [5.41, 5.74) is 0.233. The third-order valence-corrected chi connectivity index (χ3v) is 6.45. The van der Waals surface area contributed by atoms with Gasteiger partial charge in [0, 0.05) is 35.4 Å². The maximum atomic E-state index is 14.7. The molecule has 1 aliphatic rings. The van der Waals surface area contributed by atoms with Crippen LogP contribution >= 0.6 is 0 Å². The van der Waals surface area contributed by atoms with Crippen molar-refractivity contribution < 1.29 is 23.4 Å². The number of methoxy groups -OCH3 is 3. The molecule has 192 valence electrons. The summed E-state index contributed by atoms with van der Waals surface area (Å²) in [4.78, 5) is 22.5. The van der Waals surface area contributed by atoms with E-state index < -0.39 is 5.82 Å². The molecule has 35 heavy (non-hydrogen) atoms. The smallest absolute Gasteiger partial charge is 0.306 e. The highest BCUT2D eigenvalue weighted by Gasteiger charge is 2.45. The lowest BCUT2D eigenvalue weighted by molar-refractivity contribution is -0.142. The van der Waals surface area contributed by atoms with E-state index in [1.54, 1.807) is 32.4 Å². The fraction of sp³-hybridized carbons (Fsp3) is 0.560. The number of esters is 1. The molecule has 10 heteroatoms. The summed E-state index contributed by atoms with van der Waals surface area (Å²) in [6, 6.07) is 5.30. The van der Waals surface area contributed by atoms with E-state index in [-0.39, 0.29) is 34.9 Å². The first-order valence-electron chi connectivity index (χ1n) is 11.6. The van der Waals surface area contributed by atoms with Crippen LogP contribution in [0.5, 0.6) is 11.5 Å². The van der Waals surface area contributed by atoms with Gasteiger partial charge in [-0.05, 0) is 52.7 Å². The van der Waals surface area contributed by atoms with Gasteiger partial charge in [0.1, 0.15) is 0 Å². The molecule has 0 atom stereocenters. The fourth-order valence-electron chi connectivity index (χ4n) is 5.10. The van der Waals surface area contributed by atoms with Crippen LogP contribution in [0.2, 0.25) is 0 Å². The van der Waals surface area contributed by atoms with Gasteiger partial charge in [0.25, 0.3) is 0 Å². The molecule has 0 amide bonds. The second-order valence-electron chi connectivity index (χ2n) is 9.94. The predicted octanol–water partition coefficient (Wildman–Crippen LogP) is 4.37. The van der Waals surface area contributed by atoms with Crippen molar-refractivity contribution >= 4 is 23.4 Å². The number of carbonyl (C=O) groups excluding carboxylic acids is 1. The van der Waals surface area contributed by atoms with Crippen LogP contribution in [0, 0.1) is 5.82 Å². The molecule has 9 nitrogen and oxygen atoms in total. The van der Waals surface area contributed by atoms with Gasteiger partial charge >= 0.3 is 5.97 Å². The van der Waals surface area contributed by atoms with Crippen molar-refractivity contribution in [2.75, 3.05) is 38.5 Å². The molecule has 0 saturated carbocycles. The molecule has 1 fully saturated rings. The Kier molecular flexibility index (Phi) is 8.04. The van der Waals surface area contributed by atoms with Gasteiger partial charge in [-0.3, -0.25) is 9.69 Å². The second kappa shape index (κ2) is 10.6. The SMILES string of the molecule is COC(=O)CCN1C(C)(C)CC(Nc2nc(Nc3ccc(OC)c(OC)c3)ncc2F)CC1(C)C. The van der Waals surface area contributed by atoms with E-state index in [0.717, 1.165) is 19.0 Å². The summed E-state index contributed by atoms with van der Waals surface area (Å²) in [5.74, 6) is 0.809. The number of aromatic nitrogens is 2. The Labute approximate surface area is 206 Å². The Balaban J connectivity index is 1.75. The van der Waals surface area contributed by atoms with Crippen LogP contribution in [0.3, 0.4) is 0 Å². The first-order valence-corrected chi connectivity index (χ1v) is 11.6. The summed E-state index contributed by atoms with van der Waals surface area (Å²) < 4.78 is 30.1. The number of benzene rings is 1. The van der Waals surface area contributed by atoms with Crippen molar-refractivity contribution in [1.82, 2.24) is 14.9 Å². The minimum Gasteiger partial charge on any atom is -0.493 e. The predicted molar refractivity (Wildman–Crippen MR) is 133 cm³/mol. The van der Waals surface area contributed by atoms with E-state index in [4.69, 9.17) is 14.2 Å². The lowest BCUT2D eigenvalue weighted by Gasteiger charge is -2.55. The van der Waals surface area contributed by atoms with Crippen molar-refractivity contribution in [3.63, 3.8) is 0 Å². The van der Waals surface area contributed by atoms with Gasteiger partial charge in [0.05, 0.1) is 33.9 Å². The van der Waals surface area contributed by atoms with Crippen molar-refractivity contribution in [2.45, 2.75) is 64.1 Å². The molecule has 0 radical (unpaired) electrons. The van der Waals surface area contributed by atoms with E-state index in [1.165, 1.54) is 7.11 Å². The van der Waals surface area contributed by atoms with Crippen LogP contribution in [0.25, 0.3) is 0 Å². The summed E-state index contributed by atoms with van der Waals surface area (Å²) in [5, 5.41) is 6.39. The molecule has 0 aliphatic carbocycles. The zero-order valence-electron chi connectivity index (χ0n) is 21.6. The maximum Gasteiger partial charge on any atom is 0.306 e. The average molecular weight is 490 g/mol. The van der Waals surface area contributed by atoms with Gasteiger partial charge in [0.15, 0.2) is 23.1 Å². The Morgan fingerprint density at radius 1 is 1.11 bits per heavy atom. The molecule has 0 spiro atoms. The summed E-state index contributed by atoms with van der Waals surface area (Å²) >= 11 is 0. The molecule has 0 bridgehead atoms. The quantitative estimate of drug-likeness (QED) is 0.498. The lowest BCUT2D eigenvalue weighted by Crippen LogP contribution is -2.63. The molecule has 1 aliphatic heterocycles. The lowest BCUT2D eigenvalue weighted by atomic mass is 9.76. The number of piperidine rings is 1. The van der Waals surface area contributed by atoms with Crippen LogP contribution in [0.15, 0.2) is 24.4 Å². The molecule has 3 rings (SSSR count). The fourth-order valence-corrected chi connectivity index (χ4v) is 5.10. The molecule has 1 aromatic heterocycles. The topological polar surface area (TPSA) is 97.8 Å². The van der Waals surface area contributed by atoms with Crippen LogP contribution in [-0.2, 0) is 9.53 Å². The van der Waals surface area contributed by atoms with E-state index in [1.807, 2.05) is 0 Å². The monoisotopic (exact) mass is 489 g/mol. The Bertz CT molecular complexity index is 1030. The average Bonchev–Trinajstić information content (AvgIpc) is 2.79. The number of nitrogens with zero attached hydrogens (tertiary/aromatic N) is 3. The normalized spacial score (nSPS) is 17.5. The number of ether oxygens (including phenoxy) is 3.